The number of halogens is 1. The van der Waals surface area contributed by atoms with Crippen LogP contribution in [0.5, 0.6) is 5.75 Å². The number of aryl methyl sites for hydroxylation is 2. The predicted molar refractivity (Wildman–Crippen MR) is 107 cm³/mol. The topological polar surface area (TPSA) is 37.1 Å². The van der Waals surface area contributed by atoms with E-state index in [0.717, 1.165) is 42.5 Å². The highest BCUT2D eigenvalue weighted by Crippen LogP contribution is 2.20. The van der Waals surface area contributed by atoms with Gasteiger partial charge in [0.1, 0.15) is 25.0 Å². The molecule has 0 amide bonds. The van der Waals surface area contributed by atoms with Crippen LogP contribution in [-0.2, 0) is 0 Å². The number of benzene rings is 2. The van der Waals surface area contributed by atoms with Crippen molar-refractivity contribution in [3.8, 4) is 5.75 Å². The van der Waals surface area contributed by atoms with Crippen molar-refractivity contribution >= 4 is 17.3 Å². The SMILES string of the molecule is Cc1ccc(OC[C@@H](O)C[NH+]2CCN(c3cccc(Cl)c3)CC2)c(C)c1. The van der Waals surface area contributed by atoms with Crippen molar-refractivity contribution in [3.05, 3.63) is 58.6 Å². The van der Waals surface area contributed by atoms with Crippen LogP contribution in [0.15, 0.2) is 42.5 Å². The molecule has 4 nitrogen and oxygen atoms in total. The van der Waals surface area contributed by atoms with Gasteiger partial charge in [-0.05, 0) is 43.7 Å². The van der Waals surface area contributed by atoms with Gasteiger partial charge in [0.2, 0.25) is 0 Å². The lowest BCUT2D eigenvalue weighted by Gasteiger charge is -2.34. The van der Waals surface area contributed by atoms with E-state index in [0.29, 0.717) is 13.2 Å². The maximum absolute atomic E-state index is 10.4. The van der Waals surface area contributed by atoms with E-state index in [1.54, 1.807) is 0 Å². The first-order valence-corrected chi connectivity index (χ1v) is 9.61. The van der Waals surface area contributed by atoms with Gasteiger partial charge in [-0.2, -0.15) is 0 Å². The average Bonchev–Trinajstić information content (AvgIpc) is 2.61. The van der Waals surface area contributed by atoms with Gasteiger partial charge in [-0.3, -0.25) is 0 Å². The van der Waals surface area contributed by atoms with Crippen LogP contribution in [0, 0.1) is 13.8 Å². The van der Waals surface area contributed by atoms with E-state index in [1.165, 1.54) is 16.2 Å². The Kier molecular flexibility index (Phi) is 6.41. The van der Waals surface area contributed by atoms with Crippen molar-refractivity contribution < 1.29 is 14.7 Å². The number of aliphatic hydroxyl groups excluding tert-OH is 1. The number of piperazine rings is 1. The lowest BCUT2D eigenvalue weighted by Crippen LogP contribution is -3.16. The van der Waals surface area contributed by atoms with Crippen molar-refractivity contribution in [1.29, 1.82) is 0 Å². The van der Waals surface area contributed by atoms with Crippen LogP contribution >= 0.6 is 11.6 Å². The smallest absolute Gasteiger partial charge is 0.137 e. The molecule has 1 aliphatic heterocycles. The van der Waals surface area contributed by atoms with Crippen LogP contribution in [0.25, 0.3) is 0 Å². The Bertz CT molecular complexity index is 730. The Balaban J connectivity index is 1.44. The number of rotatable bonds is 6. The van der Waals surface area contributed by atoms with Gasteiger partial charge < -0.3 is 19.6 Å². The second-order valence-corrected chi connectivity index (χ2v) is 7.59. The molecule has 0 bridgehead atoms. The fourth-order valence-electron chi connectivity index (χ4n) is 3.50. The average molecular weight is 376 g/mol. The summed E-state index contributed by atoms with van der Waals surface area (Å²) >= 11 is 6.09. The minimum atomic E-state index is -0.455. The molecule has 1 fully saturated rings. The number of ether oxygens (including phenoxy) is 1. The molecular formula is C21H28ClN2O2+. The maximum atomic E-state index is 10.4. The summed E-state index contributed by atoms with van der Waals surface area (Å²) in [4.78, 5) is 3.77. The van der Waals surface area contributed by atoms with Crippen LogP contribution in [0.3, 0.4) is 0 Å². The number of hydrogen-bond donors (Lipinski definition) is 2. The zero-order chi connectivity index (χ0) is 18.5. The Morgan fingerprint density at radius 3 is 2.62 bits per heavy atom. The van der Waals surface area contributed by atoms with Crippen LogP contribution in [0.2, 0.25) is 5.02 Å². The van der Waals surface area contributed by atoms with Crippen molar-refractivity contribution in [2.45, 2.75) is 20.0 Å². The molecule has 1 atom stereocenters. The second kappa shape index (κ2) is 8.76. The molecule has 0 aliphatic carbocycles. The summed E-state index contributed by atoms with van der Waals surface area (Å²) in [5, 5.41) is 11.1. The molecule has 0 saturated carbocycles. The second-order valence-electron chi connectivity index (χ2n) is 7.15. The lowest BCUT2D eigenvalue weighted by molar-refractivity contribution is -0.903. The molecule has 1 aliphatic rings. The highest BCUT2D eigenvalue weighted by Gasteiger charge is 2.23. The first-order valence-electron chi connectivity index (χ1n) is 9.23. The van der Waals surface area contributed by atoms with Crippen LogP contribution in [0.4, 0.5) is 5.69 Å². The minimum absolute atomic E-state index is 0.339. The number of nitrogens with one attached hydrogen (secondary N) is 1. The molecule has 26 heavy (non-hydrogen) atoms. The molecule has 2 aromatic carbocycles. The van der Waals surface area contributed by atoms with Gasteiger partial charge in [-0.15, -0.1) is 0 Å². The monoisotopic (exact) mass is 375 g/mol. The highest BCUT2D eigenvalue weighted by molar-refractivity contribution is 6.30. The fraction of sp³-hybridized carbons (Fsp3) is 0.429. The van der Waals surface area contributed by atoms with Crippen LogP contribution < -0.4 is 14.5 Å². The Hall–Kier alpha value is -1.75. The number of quaternary nitrogens is 1. The van der Waals surface area contributed by atoms with Crippen LogP contribution in [0.1, 0.15) is 11.1 Å². The highest BCUT2D eigenvalue weighted by atomic mass is 35.5. The van der Waals surface area contributed by atoms with E-state index in [2.05, 4.69) is 24.0 Å². The molecule has 0 radical (unpaired) electrons. The van der Waals surface area contributed by atoms with Gasteiger partial charge in [0.15, 0.2) is 0 Å². The Labute approximate surface area is 160 Å². The first kappa shape index (κ1) is 19.0. The Morgan fingerprint density at radius 1 is 1.15 bits per heavy atom. The van der Waals surface area contributed by atoms with E-state index < -0.39 is 6.10 Å². The Morgan fingerprint density at radius 2 is 1.92 bits per heavy atom. The van der Waals surface area contributed by atoms with E-state index in [1.807, 2.05) is 37.3 Å². The molecule has 5 heteroatoms. The molecule has 2 N–H and O–H groups in total. The molecule has 140 valence electrons. The first-order chi connectivity index (χ1) is 12.5. The lowest BCUT2D eigenvalue weighted by atomic mass is 10.1. The van der Waals surface area contributed by atoms with Gasteiger partial charge in [-0.25, -0.2) is 0 Å². The number of anilines is 1. The molecule has 0 unspecified atom stereocenters. The third-order valence-electron chi connectivity index (χ3n) is 4.93. The summed E-state index contributed by atoms with van der Waals surface area (Å²) in [6.45, 7) is 9.12. The van der Waals surface area contributed by atoms with E-state index in [-0.39, 0.29) is 0 Å². The summed E-state index contributed by atoms with van der Waals surface area (Å²) in [6, 6.07) is 14.1. The van der Waals surface area contributed by atoms with Crippen molar-refractivity contribution in [1.82, 2.24) is 0 Å². The van der Waals surface area contributed by atoms with E-state index in [4.69, 9.17) is 16.3 Å². The summed E-state index contributed by atoms with van der Waals surface area (Å²) in [6.07, 6.45) is -0.455. The normalized spacial score (nSPS) is 16.5. The van der Waals surface area contributed by atoms with Gasteiger partial charge >= 0.3 is 0 Å². The zero-order valence-corrected chi connectivity index (χ0v) is 16.3. The number of aliphatic hydroxyl groups is 1. The van der Waals surface area contributed by atoms with Gasteiger partial charge in [-0.1, -0.05) is 35.4 Å². The molecule has 0 spiro atoms. The minimum Gasteiger partial charge on any atom is -0.490 e. The van der Waals surface area contributed by atoms with Gasteiger partial charge in [0.25, 0.3) is 0 Å². The third kappa shape index (κ3) is 5.13. The molecular weight excluding hydrogens is 348 g/mol. The fourth-order valence-corrected chi connectivity index (χ4v) is 3.68. The van der Waals surface area contributed by atoms with Gasteiger partial charge in [0, 0.05) is 10.7 Å². The van der Waals surface area contributed by atoms with Gasteiger partial charge in [0.05, 0.1) is 26.2 Å². The predicted octanol–water partition coefficient (Wildman–Crippen LogP) is 2.10. The molecule has 3 rings (SSSR count). The largest absolute Gasteiger partial charge is 0.490 e. The number of nitrogens with zero attached hydrogens (tertiary/aromatic N) is 1. The maximum Gasteiger partial charge on any atom is 0.137 e. The molecule has 0 aromatic heterocycles. The molecule has 2 aromatic rings. The molecule has 1 heterocycles. The number of hydrogen-bond acceptors (Lipinski definition) is 3. The quantitative estimate of drug-likeness (QED) is 0.812. The van der Waals surface area contributed by atoms with E-state index >= 15 is 0 Å². The summed E-state index contributed by atoms with van der Waals surface area (Å²) in [5.74, 6) is 0.857. The summed E-state index contributed by atoms with van der Waals surface area (Å²) < 4.78 is 5.81. The van der Waals surface area contributed by atoms with Crippen LogP contribution in [-0.4, -0.2) is 50.5 Å². The standard InChI is InChI=1S/C21H27ClN2O2/c1-16-6-7-21(17(2)12-16)26-15-20(25)14-23-8-10-24(11-9-23)19-5-3-4-18(22)13-19/h3-7,12-13,20,25H,8-11,14-15H2,1-2H3/p+1/t20-/m0/s1. The third-order valence-corrected chi connectivity index (χ3v) is 5.16. The van der Waals surface area contributed by atoms with Crippen molar-refractivity contribution in [2.75, 3.05) is 44.2 Å². The zero-order valence-electron chi connectivity index (χ0n) is 15.5. The summed E-state index contributed by atoms with van der Waals surface area (Å²) in [7, 11) is 0. The molecule has 1 saturated heterocycles. The van der Waals surface area contributed by atoms with Crippen molar-refractivity contribution in [3.63, 3.8) is 0 Å². The summed E-state index contributed by atoms with van der Waals surface area (Å²) in [5.41, 5.74) is 3.51. The van der Waals surface area contributed by atoms with Crippen molar-refractivity contribution in [2.24, 2.45) is 0 Å². The van der Waals surface area contributed by atoms with E-state index in [9.17, 15) is 5.11 Å².